The maximum atomic E-state index is 12.9. The van der Waals surface area contributed by atoms with Crippen LogP contribution in [-0.2, 0) is 16.3 Å². The molecule has 3 aliphatic heterocycles. The van der Waals surface area contributed by atoms with Crippen LogP contribution in [0.1, 0.15) is 37.7 Å². The van der Waals surface area contributed by atoms with Gasteiger partial charge in [0.1, 0.15) is 0 Å². The van der Waals surface area contributed by atoms with Gasteiger partial charge in [-0.15, -0.1) is 0 Å². The lowest BCUT2D eigenvalue weighted by atomic mass is 9.78. The molecular weight excluding hydrogens is 484 g/mol. The van der Waals surface area contributed by atoms with Gasteiger partial charge in [0.15, 0.2) is 0 Å². The number of carbonyl (C=O) groups excluding carboxylic acids is 1. The van der Waals surface area contributed by atoms with Crippen molar-refractivity contribution in [3.05, 3.63) is 41.2 Å². The largest absolute Gasteiger partial charge is 0.370 e. The van der Waals surface area contributed by atoms with E-state index in [2.05, 4.69) is 43.7 Å². The number of amides is 1. The van der Waals surface area contributed by atoms with E-state index in [4.69, 9.17) is 11.6 Å². The fourth-order valence-electron chi connectivity index (χ4n) is 5.74. The number of nitrogens with one attached hydrogen (secondary N) is 1. The van der Waals surface area contributed by atoms with Crippen molar-refractivity contribution in [2.45, 2.75) is 38.6 Å². The van der Waals surface area contributed by atoms with Gasteiger partial charge in [-0.1, -0.05) is 17.7 Å². The van der Waals surface area contributed by atoms with Gasteiger partial charge < -0.3 is 14.5 Å². The summed E-state index contributed by atoms with van der Waals surface area (Å²) in [6.45, 7) is 6.71. The van der Waals surface area contributed by atoms with Crippen molar-refractivity contribution in [1.82, 2.24) is 19.6 Å². The smallest absolute Gasteiger partial charge is 0.344 e. The van der Waals surface area contributed by atoms with E-state index in [1.807, 2.05) is 4.90 Å². The molecule has 3 saturated heterocycles. The molecule has 0 radical (unpaired) electrons. The highest BCUT2D eigenvalue weighted by molar-refractivity contribution is 8.00. The number of nitrogens with zero attached hydrogens (tertiary/aromatic N) is 5. The van der Waals surface area contributed by atoms with Crippen molar-refractivity contribution < 1.29 is 9.00 Å². The van der Waals surface area contributed by atoms with Crippen LogP contribution in [0.15, 0.2) is 30.6 Å². The molecule has 3 fully saturated rings. The zero-order valence-electron chi connectivity index (χ0n) is 20.4. The van der Waals surface area contributed by atoms with Crippen LogP contribution < -0.4 is 9.62 Å². The second kappa shape index (κ2) is 9.67. The maximum absolute atomic E-state index is 12.9. The Morgan fingerprint density at radius 3 is 2.57 bits per heavy atom. The Balaban J connectivity index is 1.14. The summed E-state index contributed by atoms with van der Waals surface area (Å²) >= 11 is 6.64. The standard InChI is InChI=1S/C25H35ClN6O2S/c1-35(2,34)28-21-16-27-32(18-21)24(33)31-13-8-25(9-14-31)7-12-29(19-25)17-20-5-6-23(22(26)15-20)30-10-3-4-11-30/h5-6,15-16,18H,1,3-4,7-14,17,19H2,2H3,(H,28,34). The molecule has 1 spiro atoms. The maximum Gasteiger partial charge on any atom is 0.344 e. The molecule has 1 aromatic heterocycles. The normalized spacial score (nSPS) is 22.0. The number of benzene rings is 1. The van der Waals surface area contributed by atoms with Gasteiger partial charge >= 0.3 is 6.03 Å². The van der Waals surface area contributed by atoms with E-state index in [0.29, 0.717) is 5.69 Å². The van der Waals surface area contributed by atoms with E-state index in [1.165, 1.54) is 42.0 Å². The Bertz CT molecular complexity index is 1180. The zero-order valence-corrected chi connectivity index (χ0v) is 22.0. The number of carbonyl (C=O) groups is 1. The molecule has 1 N–H and O–H groups in total. The van der Waals surface area contributed by atoms with Crippen LogP contribution in [0, 0.1) is 5.41 Å². The predicted molar refractivity (Wildman–Crippen MR) is 144 cm³/mol. The van der Waals surface area contributed by atoms with E-state index in [9.17, 15) is 9.00 Å². The first-order valence-corrected chi connectivity index (χ1v) is 14.9. The lowest BCUT2D eigenvalue weighted by molar-refractivity contribution is 0.118. The molecule has 5 rings (SSSR count). The molecule has 190 valence electrons. The number of rotatable bonds is 5. The first-order valence-electron chi connectivity index (χ1n) is 12.4. The molecule has 1 amide bonds. The fourth-order valence-corrected chi connectivity index (χ4v) is 6.67. The lowest BCUT2D eigenvalue weighted by Crippen LogP contribution is -2.45. The highest BCUT2D eigenvalue weighted by Crippen LogP contribution is 2.41. The lowest BCUT2D eigenvalue weighted by Gasteiger charge is -2.39. The molecular formula is C25H35ClN6O2S. The number of halogens is 1. The van der Waals surface area contributed by atoms with Crippen LogP contribution in [0.4, 0.5) is 16.2 Å². The quantitative estimate of drug-likeness (QED) is 0.610. The third kappa shape index (κ3) is 5.62. The Labute approximate surface area is 213 Å². The second-order valence-corrected chi connectivity index (χ2v) is 13.1. The van der Waals surface area contributed by atoms with Gasteiger partial charge in [0.05, 0.1) is 28.8 Å². The Morgan fingerprint density at radius 1 is 1.17 bits per heavy atom. The summed E-state index contributed by atoms with van der Waals surface area (Å²) in [6, 6.07) is 6.41. The van der Waals surface area contributed by atoms with Crippen LogP contribution in [0.5, 0.6) is 0 Å². The number of anilines is 2. The summed E-state index contributed by atoms with van der Waals surface area (Å²) < 4.78 is 16.0. The van der Waals surface area contributed by atoms with Crippen molar-refractivity contribution in [3.8, 4) is 0 Å². The van der Waals surface area contributed by atoms with Crippen molar-refractivity contribution in [3.63, 3.8) is 0 Å². The van der Waals surface area contributed by atoms with E-state index in [1.54, 1.807) is 6.20 Å². The Kier molecular flexibility index (Phi) is 6.76. The summed E-state index contributed by atoms with van der Waals surface area (Å²) in [5, 5.41) is 5.01. The van der Waals surface area contributed by atoms with Crippen LogP contribution in [0.3, 0.4) is 0 Å². The molecule has 10 heteroatoms. The van der Waals surface area contributed by atoms with Gasteiger partial charge in [0, 0.05) is 55.2 Å². The first kappa shape index (κ1) is 24.5. The predicted octanol–water partition coefficient (Wildman–Crippen LogP) is 3.77. The first-order chi connectivity index (χ1) is 16.7. The van der Waals surface area contributed by atoms with Gasteiger partial charge in [-0.25, -0.2) is 9.00 Å². The summed E-state index contributed by atoms with van der Waals surface area (Å²) in [5.41, 5.74) is 3.24. The molecule has 1 aromatic carbocycles. The highest BCUT2D eigenvalue weighted by atomic mass is 35.5. The zero-order chi connectivity index (χ0) is 24.6. The van der Waals surface area contributed by atoms with Gasteiger partial charge in [-0.2, -0.15) is 9.78 Å². The molecule has 1 atom stereocenters. The Morgan fingerprint density at radius 2 is 1.89 bits per heavy atom. The Hall–Kier alpha value is -2.23. The minimum absolute atomic E-state index is 0.137. The average molecular weight is 519 g/mol. The number of likely N-dealkylation sites (tertiary alicyclic amines) is 2. The molecule has 0 saturated carbocycles. The molecule has 1 unspecified atom stereocenters. The molecule has 2 aromatic rings. The minimum Gasteiger partial charge on any atom is -0.370 e. The van der Waals surface area contributed by atoms with Crippen LogP contribution in [-0.4, -0.2) is 81.2 Å². The van der Waals surface area contributed by atoms with Crippen molar-refractivity contribution in [2.75, 3.05) is 55.1 Å². The minimum atomic E-state index is -2.41. The summed E-state index contributed by atoms with van der Waals surface area (Å²) in [5.74, 6) is 3.58. The third-order valence-corrected chi connectivity index (χ3v) is 8.56. The third-order valence-electron chi connectivity index (χ3n) is 7.59. The number of piperidine rings is 1. The van der Waals surface area contributed by atoms with Gasteiger partial charge in [0.2, 0.25) is 0 Å². The molecule has 3 aliphatic rings. The van der Waals surface area contributed by atoms with Crippen LogP contribution in [0.25, 0.3) is 0 Å². The van der Waals surface area contributed by atoms with Crippen LogP contribution >= 0.6 is 11.6 Å². The van der Waals surface area contributed by atoms with Gasteiger partial charge in [-0.05, 0) is 67.6 Å². The van der Waals surface area contributed by atoms with Gasteiger partial charge in [-0.3, -0.25) is 4.90 Å². The fraction of sp³-hybridized carbons (Fsp3) is 0.560. The number of hydrogen-bond acceptors (Lipinski definition) is 5. The van der Waals surface area contributed by atoms with E-state index in [-0.39, 0.29) is 11.4 Å². The molecule has 0 bridgehead atoms. The average Bonchev–Trinajstić information content (AvgIpc) is 3.56. The second-order valence-electron chi connectivity index (χ2n) is 10.5. The molecule has 0 aliphatic carbocycles. The SMILES string of the molecule is C=S(C)(=O)Nc1cnn(C(=O)N2CCC3(CCN(Cc4ccc(N5CCCC5)c(Cl)c4)C3)CC2)c1. The molecule has 8 nitrogen and oxygen atoms in total. The van der Waals surface area contributed by atoms with E-state index < -0.39 is 9.71 Å². The molecule has 35 heavy (non-hydrogen) atoms. The van der Waals surface area contributed by atoms with Crippen molar-refractivity contribution >= 4 is 44.6 Å². The van der Waals surface area contributed by atoms with Crippen LogP contribution in [0.2, 0.25) is 5.02 Å². The highest BCUT2D eigenvalue weighted by Gasteiger charge is 2.41. The van der Waals surface area contributed by atoms with Crippen molar-refractivity contribution in [2.24, 2.45) is 5.41 Å². The monoisotopic (exact) mass is 518 g/mol. The number of hydrogen-bond donors (Lipinski definition) is 1. The van der Waals surface area contributed by atoms with Crippen molar-refractivity contribution in [1.29, 1.82) is 0 Å². The molecule has 4 heterocycles. The number of aromatic nitrogens is 2. The van der Waals surface area contributed by atoms with E-state index >= 15 is 0 Å². The summed E-state index contributed by atoms with van der Waals surface area (Å²) in [6.07, 6.45) is 10.3. The summed E-state index contributed by atoms with van der Waals surface area (Å²) in [7, 11) is -2.41. The topological polar surface area (TPSA) is 73.7 Å². The van der Waals surface area contributed by atoms with E-state index in [0.717, 1.165) is 69.4 Å². The van der Waals surface area contributed by atoms with Gasteiger partial charge in [0.25, 0.3) is 0 Å². The summed E-state index contributed by atoms with van der Waals surface area (Å²) in [4.78, 5) is 19.7.